The molecule has 1 atom stereocenters. The Morgan fingerprint density at radius 1 is 1.27 bits per heavy atom. The van der Waals surface area contributed by atoms with E-state index in [1.165, 1.54) is 0 Å². The van der Waals surface area contributed by atoms with E-state index in [0.29, 0.717) is 0 Å². The topological polar surface area (TPSA) is 56.0 Å². The first-order chi connectivity index (χ1) is 6.73. The predicted octanol–water partition coefficient (Wildman–Crippen LogP) is 0.906. The second-order valence-corrected chi connectivity index (χ2v) is 2.87. The molecule has 0 aromatic carbocycles. The van der Waals surface area contributed by atoms with Crippen LogP contribution in [0, 0.1) is 17.2 Å². The van der Waals surface area contributed by atoms with Crippen LogP contribution in [0.15, 0.2) is 0 Å². The largest absolute Gasteiger partial charge is 0.405 e. The maximum Gasteiger partial charge on any atom is 0.405 e. The quantitative estimate of drug-likeness (QED) is 0.692. The molecule has 0 aliphatic heterocycles. The Hall–Kier alpha value is -0.940. The van der Waals surface area contributed by atoms with Gasteiger partial charge in [0.1, 0.15) is 6.61 Å². The molecule has 3 nitrogen and oxygen atoms in total. The van der Waals surface area contributed by atoms with E-state index in [4.69, 9.17) is 10.4 Å². The Morgan fingerprint density at radius 2 is 1.80 bits per heavy atom. The highest BCUT2D eigenvalue weighted by Crippen LogP contribution is 2.25. The highest BCUT2D eigenvalue weighted by Gasteiger charge is 2.40. The van der Waals surface area contributed by atoms with Crippen molar-refractivity contribution in [3.8, 4) is 6.07 Å². The summed E-state index contributed by atoms with van der Waals surface area (Å²) >= 11 is 0. The average molecular weight is 232 g/mol. The van der Waals surface area contributed by atoms with Gasteiger partial charge in [-0.25, -0.2) is 8.78 Å². The minimum atomic E-state index is -4.74. The van der Waals surface area contributed by atoms with Crippen LogP contribution in [-0.2, 0) is 0 Å². The van der Waals surface area contributed by atoms with Crippen LogP contribution in [0.2, 0.25) is 0 Å². The van der Waals surface area contributed by atoms with Crippen LogP contribution < -0.4 is 5.32 Å². The van der Waals surface area contributed by atoms with Crippen LogP contribution in [-0.4, -0.2) is 36.9 Å². The zero-order chi connectivity index (χ0) is 12.1. The molecule has 0 rings (SSSR count). The van der Waals surface area contributed by atoms with Gasteiger partial charge in [0.25, 0.3) is 5.92 Å². The van der Waals surface area contributed by atoms with Crippen LogP contribution in [0.25, 0.3) is 0 Å². The maximum atomic E-state index is 12.3. The number of alkyl halides is 5. The van der Waals surface area contributed by atoms with Crippen LogP contribution >= 0.6 is 0 Å². The first kappa shape index (κ1) is 14.1. The van der Waals surface area contributed by atoms with Crippen molar-refractivity contribution in [2.75, 3.05) is 19.7 Å². The molecule has 2 N–H and O–H groups in total. The summed E-state index contributed by atoms with van der Waals surface area (Å²) in [5.41, 5.74) is 0. The molecule has 0 saturated heterocycles. The lowest BCUT2D eigenvalue weighted by Crippen LogP contribution is -2.40. The Balaban J connectivity index is 4.01. The fraction of sp³-hybridized carbons (Fsp3) is 0.857. The minimum absolute atomic E-state index is 0.921. The summed E-state index contributed by atoms with van der Waals surface area (Å²) in [7, 11) is 0. The lowest BCUT2D eigenvalue weighted by molar-refractivity contribution is -0.158. The number of aliphatic hydroxyl groups excluding tert-OH is 1. The van der Waals surface area contributed by atoms with E-state index in [1.54, 1.807) is 5.32 Å². The van der Waals surface area contributed by atoms with Crippen LogP contribution in [0.1, 0.15) is 0 Å². The van der Waals surface area contributed by atoms with Crippen LogP contribution in [0.4, 0.5) is 22.0 Å². The van der Waals surface area contributed by atoms with Crippen molar-refractivity contribution in [2.24, 2.45) is 5.92 Å². The van der Waals surface area contributed by atoms with Gasteiger partial charge >= 0.3 is 6.18 Å². The predicted molar refractivity (Wildman–Crippen MR) is 40.1 cm³/mol. The number of nitriles is 1. The molecule has 15 heavy (non-hydrogen) atoms. The molecule has 0 fully saturated rings. The van der Waals surface area contributed by atoms with Gasteiger partial charge in [-0.05, 0) is 0 Å². The third kappa shape index (κ3) is 5.49. The van der Waals surface area contributed by atoms with Gasteiger partial charge in [0.05, 0.1) is 12.6 Å². The van der Waals surface area contributed by atoms with E-state index in [2.05, 4.69) is 0 Å². The number of hydrogen-bond acceptors (Lipinski definition) is 3. The number of halogens is 5. The molecule has 0 aliphatic carbocycles. The lowest BCUT2D eigenvalue weighted by Gasteiger charge is -2.17. The second kappa shape index (κ2) is 5.23. The molecular formula is C7H9F5N2O. The van der Waals surface area contributed by atoms with Gasteiger partial charge in [-0.3, -0.25) is 0 Å². The molecule has 0 aromatic heterocycles. The van der Waals surface area contributed by atoms with Crippen molar-refractivity contribution >= 4 is 0 Å². The van der Waals surface area contributed by atoms with Gasteiger partial charge in [-0.1, -0.05) is 0 Å². The molecule has 0 heterocycles. The van der Waals surface area contributed by atoms with Crippen molar-refractivity contribution < 1.29 is 27.1 Å². The highest BCUT2D eigenvalue weighted by atomic mass is 19.4. The molecule has 8 heteroatoms. The maximum absolute atomic E-state index is 12.3. The van der Waals surface area contributed by atoms with E-state index < -0.39 is 37.7 Å². The fourth-order valence-corrected chi connectivity index (χ4v) is 0.690. The van der Waals surface area contributed by atoms with Gasteiger partial charge in [0.15, 0.2) is 5.92 Å². The SMILES string of the molecule is N#CC(CNCC(F)(F)CO)C(F)(F)F. The van der Waals surface area contributed by atoms with E-state index in [0.717, 1.165) is 6.07 Å². The molecule has 0 spiro atoms. The van der Waals surface area contributed by atoms with E-state index in [-0.39, 0.29) is 0 Å². The summed E-state index contributed by atoms with van der Waals surface area (Å²) in [6, 6.07) is 0.951. The number of rotatable bonds is 5. The Bertz CT molecular complexity index is 235. The van der Waals surface area contributed by atoms with E-state index >= 15 is 0 Å². The van der Waals surface area contributed by atoms with Crippen LogP contribution in [0.3, 0.4) is 0 Å². The first-order valence-electron chi connectivity index (χ1n) is 3.88. The van der Waals surface area contributed by atoms with Crippen molar-refractivity contribution in [1.29, 1.82) is 5.26 Å². The number of nitrogens with zero attached hydrogens (tertiary/aromatic N) is 1. The third-order valence-corrected chi connectivity index (χ3v) is 1.51. The number of aliphatic hydroxyl groups is 1. The summed E-state index contributed by atoms with van der Waals surface area (Å²) in [6.07, 6.45) is -4.74. The van der Waals surface area contributed by atoms with Crippen molar-refractivity contribution in [3.63, 3.8) is 0 Å². The first-order valence-corrected chi connectivity index (χ1v) is 3.88. The number of hydrogen-bond donors (Lipinski definition) is 2. The summed E-state index contributed by atoms with van der Waals surface area (Å²) < 4.78 is 60.4. The third-order valence-electron chi connectivity index (χ3n) is 1.51. The van der Waals surface area contributed by atoms with Gasteiger partial charge in [0, 0.05) is 6.54 Å². The van der Waals surface area contributed by atoms with Crippen molar-refractivity contribution in [3.05, 3.63) is 0 Å². The monoisotopic (exact) mass is 232 g/mol. The Kier molecular flexibility index (Phi) is 4.90. The van der Waals surface area contributed by atoms with Gasteiger partial charge in [-0.2, -0.15) is 18.4 Å². The lowest BCUT2D eigenvalue weighted by atomic mass is 10.1. The smallest absolute Gasteiger partial charge is 0.390 e. The standard InChI is InChI=1S/C7H9F5N2O/c8-6(9,4-15)3-14-2-5(1-13)7(10,11)12/h5,14-15H,2-4H2. The van der Waals surface area contributed by atoms with Crippen molar-refractivity contribution in [1.82, 2.24) is 5.32 Å². The molecule has 0 bridgehead atoms. The van der Waals surface area contributed by atoms with E-state index in [9.17, 15) is 22.0 Å². The molecule has 0 aromatic rings. The summed E-state index contributed by atoms with van der Waals surface area (Å²) in [4.78, 5) is 0. The van der Waals surface area contributed by atoms with Gasteiger partial charge < -0.3 is 10.4 Å². The zero-order valence-corrected chi connectivity index (χ0v) is 7.48. The normalized spacial score (nSPS) is 14.7. The van der Waals surface area contributed by atoms with Gasteiger partial charge in [0.2, 0.25) is 0 Å². The van der Waals surface area contributed by atoms with Crippen LogP contribution in [0.5, 0.6) is 0 Å². The summed E-state index contributed by atoms with van der Waals surface area (Å²) in [5, 5.41) is 18.0. The summed E-state index contributed by atoms with van der Waals surface area (Å²) in [5.74, 6) is -5.81. The van der Waals surface area contributed by atoms with E-state index in [1.807, 2.05) is 0 Å². The Labute approximate surface area is 82.5 Å². The number of nitrogens with one attached hydrogen (secondary N) is 1. The molecule has 0 radical (unpaired) electrons. The van der Waals surface area contributed by atoms with Crippen molar-refractivity contribution in [2.45, 2.75) is 12.1 Å². The molecule has 0 amide bonds. The molecule has 1 unspecified atom stereocenters. The van der Waals surface area contributed by atoms with Gasteiger partial charge in [-0.15, -0.1) is 0 Å². The average Bonchev–Trinajstić information content (AvgIpc) is 2.10. The zero-order valence-electron chi connectivity index (χ0n) is 7.48. The molecule has 88 valence electrons. The Morgan fingerprint density at radius 3 is 2.13 bits per heavy atom. The molecule has 0 saturated carbocycles. The summed E-state index contributed by atoms with van der Waals surface area (Å²) in [6.45, 7) is -3.48. The second-order valence-electron chi connectivity index (χ2n) is 2.87. The highest BCUT2D eigenvalue weighted by molar-refractivity contribution is 4.90. The minimum Gasteiger partial charge on any atom is -0.390 e. The molecule has 0 aliphatic rings. The fourth-order valence-electron chi connectivity index (χ4n) is 0.690. The molecular weight excluding hydrogens is 223 g/mol.